The van der Waals surface area contributed by atoms with Crippen molar-refractivity contribution < 1.29 is 14.3 Å². The number of nitrogens with one attached hydrogen (secondary N) is 1. The van der Waals surface area contributed by atoms with Crippen LogP contribution in [0.3, 0.4) is 0 Å². The number of ether oxygens (including phenoxy) is 2. The number of rotatable bonds is 8. The average molecular weight is 388 g/mol. The fraction of sp³-hybridized carbons (Fsp3) is 0.167. The van der Waals surface area contributed by atoms with Crippen molar-refractivity contribution in [2.75, 3.05) is 7.11 Å². The summed E-state index contributed by atoms with van der Waals surface area (Å²) in [6.45, 7) is 6.09. The number of hydrogen-bond acceptors (Lipinski definition) is 4. The number of aromatic nitrogens is 1. The van der Waals surface area contributed by atoms with Crippen LogP contribution in [0.25, 0.3) is 17.0 Å². The predicted molar refractivity (Wildman–Crippen MR) is 114 cm³/mol. The molecule has 3 aromatic rings. The lowest BCUT2D eigenvalue weighted by Crippen LogP contribution is -2.33. The van der Waals surface area contributed by atoms with Crippen molar-refractivity contribution in [2.45, 2.75) is 19.6 Å². The first kappa shape index (κ1) is 20.3. The first-order chi connectivity index (χ1) is 14.1. The molecule has 148 valence electrons. The van der Waals surface area contributed by atoms with Crippen LogP contribution in [-0.4, -0.2) is 24.1 Å². The number of amides is 1. The van der Waals surface area contributed by atoms with E-state index in [0.717, 1.165) is 28.1 Å². The van der Waals surface area contributed by atoms with Crippen molar-refractivity contribution in [3.05, 3.63) is 90.6 Å². The molecule has 1 aromatic heterocycles. The molecule has 5 heteroatoms. The van der Waals surface area contributed by atoms with Crippen LogP contribution in [0.15, 0.2) is 79.5 Å². The highest BCUT2D eigenvalue weighted by Crippen LogP contribution is 2.22. The molecular formula is C24H24N2O3. The highest BCUT2D eigenvalue weighted by Gasteiger charge is 2.15. The third-order valence-corrected chi connectivity index (χ3v) is 4.48. The number of methoxy groups -OCH3 is 1. The van der Waals surface area contributed by atoms with Gasteiger partial charge in [0.15, 0.2) is 0 Å². The summed E-state index contributed by atoms with van der Waals surface area (Å²) in [4.78, 5) is 16.9. The van der Waals surface area contributed by atoms with Gasteiger partial charge >= 0.3 is 0 Å². The summed E-state index contributed by atoms with van der Waals surface area (Å²) < 4.78 is 10.9. The van der Waals surface area contributed by atoms with E-state index in [1.165, 1.54) is 0 Å². The predicted octanol–water partition coefficient (Wildman–Crippen LogP) is 4.45. The van der Waals surface area contributed by atoms with Gasteiger partial charge in [-0.1, -0.05) is 36.9 Å². The monoisotopic (exact) mass is 388 g/mol. The highest BCUT2D eigenvalue weighted by molar-refractivity contribution is 5.89. The van der Waals surface area contributed by atoms with Gasteiger partial charge in [0.05, 0.1) is 19.4 Å². The number of nitrogens with zero attached hydrogens (tertiary/aromatic N) is 1. The Hall–Kier alpha value is -3.44. The summed E-state index contributed by atoms with van der Waals surface area (Å²) in [7, 11) is 1.63. The number of carbonyl (C=O) groups is 1. The molecule has 3 rings (SSSR count). The van der Waals surface area contributed by atoms with Crippen molar-refractivity contribution in [2.24, 2.45) is 0 Å². The lowest BCUT2D eigenvalue weighted by Gasteiger charge is -2.15. The van der Waals surface area contributed by atoms with Crippen LogP contribution < -0.4 is 10.1 Å². The largest absolute Gasteiger partial charge is 0.497 e. The van der Waals surface area contributed by atoms with E-state index in [1.807, 2.05) is 66.7 Å². The standard InChI is InChI=1S/C24H24N2O3/c1-17(26-24(27)18(2)29-16-19-7-5-4-6-8-19)21-13-14-25-23(15-21)20-9-11-22(28-3)12-10-20/h4-15,18H,1,16H2,2-3H3,(H,26,27). The Bertz CT molecular complexity index is 969. The average Bonchev–Trinajstić information content (AvgIpc) is 2.78. The molecule has 1 amide bonds. The molecule has 0 saturated carbocycles. The summed E-state index contributed by atoms with van der Waals surface area (Å²) in [6, 6.07) is 21.1. The summed E-state index contributed by atoms with van der Waals surface area (Å²) in [5.41, 5.74) is 4.04. The van der Waals surface area contributed by atoms with Gasteiger partial charge in [0.25, 0.3) is 5.91 Å². The van der Waals surface area contributed by atoms with Gasteiger partial charge in [-0.25, -0.2) is 0 Å². The van der Waals surface area contributed by atoms with Gasteiger partial charge in [-0.3, -0.25) is 9.78 Å². The van der Waals surface area contributed by atoms with Crippen LogP contribution >= 0.6 is 0 Å². The topological polar surface area (TPSA) is 60.5 Å². The van der Waals surface area contributed by atoms with Gasteiger partial charge < -0.3 is 14.8 Å². The third-order valence-electron chi connectivity index (χ3n) is 4.48. The normalized spacial score (nSPS) is 11.5. The molecule has 0 saturated heterocycles. The Balaban J connectivity index is 1.61. The van der Waals surface area contributed by atoms with Crippen molar-refractivity contribution in [1.29, 1.82) is 0 Å². The second-order valence-electron chi connectivity index (χ2n) is 6.56. The molecule has 1 unspecified atom stereocenters. The molecule has 0 fully saturated rings. The summed E-state index contributed by atoms with van der Waals surface area (Å²) in [5.74, 6) is 0.541. The lowest BCUT2D eigenvalue weighted by molar-refractivity contribution is -0.131. The summed E-state index contributed by atoms with van der Waals surface area (Å²) in [6.07, 6.45) is 1.09. The quantitative estimate of drug-likeness (QED) is 0.619. The van der Waals surface area contributed by atoms with Crippen molar-refractivity contribution in [3.8, 4) is 17.0 Å². The van der Waals surface area contributed by atoms with Crippen LogP contribution in [0.4, 0.5) is 0 Å². The first-order valence-electron chi connectivity index (χ1n) is 9.33. The van der Waals surface area contributed by atoms with E-state index in [9.17, 15) is 4.79 Å². The fourth-order valence-corrected chi connectivity index (χ4v) is 2.73. The molecule has 0 spiro atoms. The Labute approximate surface area is 171 Å². The minimum absolute atomic E-state index is 0.242. The second kappa shape index (κ2) is 9.66. The van der Waals surface area contributed by atoms with Gasteiger partial charge in [0.1, 0.15) is 11.9 Å². The Morgan fingerprint density at radius 3 is 2.52 bits per heavy atom. The van der Waals surface area contributed by atoms with Crippen LogP contribution in [0, 0.1) is 0 Å². The Morgan fingerprint density at radius 2 is 1.83 bits per heavy atom. The zero-order chi connectivity index (χ0) is 20.6. The van der Waals surface area contributed by atoms with Crippen LogP contribution in [0.2, 0.25) is 0 Å². The highest BCUT2D eigenvalue weighted by atomic mass is 16.5. The molecule has 0 radical (unpaired) electrons. The Kier molecular flexibility index (Phi) is 6.76. The Morgan fingerprint density at radius 1 is 1.10 bits per heavy atom. The fourth-order valence-electron chi connectivity index (χ4n) is 2.73. The van der Waals surface area contributed by atoms with Crippen molar-refractivity contribution in [3.63, 3.8) is 0 Å². The molecule has 1 atom stereocenters. The lowest BCUT2D eigenvalue weighted by atomic mass is 10.1. The van der Waals surface area contributed by atoms with Gasteiger partial charge in [-0.15, -0.1) is 0 Å². The zero-order valence-corrected chi connectivity index (χ0v) is 16.6. The van der Waals surface area contributed by atoms with Crippen LogP contribution in [0.5, 0.6) is 5.75 Å². The molecular weight excluding hydrogens is 364 g/mol. The van der Waals surface area contributed by atoms with Crippen molar-refractivity contribution >= 4 is 11.6 Å². The van der Waals surface area contributed by atoms with E-state index >= 15 is 0 Å². The maximum absolute atomic E-state index is 12.4. The van der Waals surface area contributed by atoms with Gasteiger partial charge in [0.2, 0.25) is 0 Å². The zero-order valence-electron chi connectivity index (χ0n) is 16.6. The van der Waals surface area contributed by atoms with E-state index in [4.69, 9.17) is 9.47 Å². The van der Waals surface area contributed by atoms with Crippen LogP contribution in [-0.2, 0) is 16.1 Å². The number of hydrogen-bond donors (Lipinski definition) is 1. The SMILES string of the molecule is C=C(NC(=O)C(C)OCc1ccccc1)c1ccnc(-c2ccc(OC)cc2)c1. The maximum atomic E-state index is 12.4. The molecule has 5 nitrogen and oxygen atoms in total. The van der Waals surface area contributed by atoms with E-state index in [2.05, 4.69) is 16.9 Å². The molecule has 1 N–H and O–H groups in total. The van der Waals surface area contributed by atoms with E-state index in [-0.39, 0.29) is 5.91 Å². The molecule has 0 aliphatic rings. The maximum Gasteiger partial charge on any atom is 0.253 e. The van der Waals surface area contributed by atoms with E-state index in [1.54, 1.807) is 20.2 Å². The number of carbonyl (C=O) groups excluding carboxylic acids is 1. The number of benzene rings is 2. The van der Waals surface area contributed by atoms with Crippen molar-refractivity contribution in [1.82, 2.24) is 10.3 Å². The molecule has 29 heavy (non-hydrogen) atoms. The minimum atomic E-state index is -0.602. The van der Waals surface area contributed by atoms with E-state index in [0.29, 0.717) is 12.3 Å². The van der Waals surface area contributed by atoms with Gasteiger partial charge in [-0.05, 0) is 48.9 Å². The van der Waals surface area contributed by atoms with E-state index < -0.39 is 6.10 Å². The van der Waals surface area contributed by atoms with Gasteiger partial charge in [0, 0.05) is 23.0 Å². The molecule has 1 heterocycles. The van der Waals surface area contributed by atoms with Crippen LogP contribution in [0.1, 0.15) is 18.1 Å². The molecule has 0 aliphatic carbocycles. The minimum Gasteiger partial charge on any atom is -0.497 e. The second-order valence-corrected chi connectivity index (χ2v) is 6.56. The molecule has 0 bridgehead atoms. The summed E-state index contributed by atoms with van der Waals surface area (Å²) in [5, 5.41) is 2.82. The number of pyridine rings is 1. The molecule has 2 aromatic carbocycles. The summed E-state index contributed by atoms with van der Waals surface area (Å²) >= 11 is 0. The van der Waals surface area contributed by atoms with Gasteiger partial charge in [-0.2, -0.15) is 0 Å². The molecule has 0 aliphatic heterocycles. The smallest absolute Gasteiger partial charge is 0.253 e. The first-order valence-corrected chi connectivity index (χ1v) is 9.33. The third kappa shape index (κ3) is 5.53.